The molecule has 4 atom stereocenters. The minimum Gasteiger partial charge on any atom is -0.394 e. The number of aliphatic hydroxyl groups is 6. The maximum absolute atomic E-state index is 8.96. The van der Waals surface area contributed by atoms with Crippen molar-refractivity contribution in [2.24, 2.45) is 0 Å². The molecular weight excluding hydrogens is 182 g/mol. The average molecular weight is 199 g/mol. The first kappa shape index (κ1) is 15.2. The highest BCUT2D eigenvalue weighted by molar-refractivity contribution is 4.79. The molecule has 82 valence electrons. The number of hydrogen-bond acceptors (Lipinski definition) is 7. The summed E-state index contributed by atoms with van der Waals surface area (Å²) in [5.74, 6) is 0. The van der Waals surface area contributed by atoms with Crippen LogP contribution in [0.5, 0.6) is 0 Å². The van der Waals surface area contributed by atoms with E-state index in [1.54, 1.807) is 0 Å². The van der Waals surface area contributed by atoms with E-state index in [2.05, 4.69) is 0 Å². The summed E-state index contributed by atoms with van der Waals surface area (Å²) >= 11 is 0. The summed E-state index contributed by atoms with van der Waals surface area (Å²) in [6.07, 6.45) is -6.39. The highest BCUT2D eigenvalue weighted by atomic mass is 16.4. The summed E-state index contributed by atoms with van der Waals surface area (Å²) in [5, 5.41) is 52.2. The van der Waals surface area contributed by atoms with Crippen molar-refractivity contribution >= 4 is 0 Å². The van der Waals surface area contributed by atoms with Crippen molar-refractivity contribution < 1.29 is 30.6 Å². The van der Waals surface area contributed by atoms with Crippen LogP contribution in [-0.4, -0.2) is 68.3 Å². The smallest absolute Gasteiger partial charge is 0.111 e. The zero-order chi connectivity index (χ0) is 9.72. The Bertz CT molecular complexity index is 110. The molecule has 7 nitrogen and oxygen atoms in total. The molecule has 0 bridgehead atoms. The molecule has 0 aliphatic heterocycles. The van der Waals surface area contributed by atoms with E-state index in [0.29, 0.717) is 0 Å². The Morgan fingerprint density at radius 1 is 0.692 bits per heavy atom. The van der Waals surface area contributed by atoms with Gasteiger partial charge in [-0.05, 0) is 0 Å². The number of hydrogen-bond donors (Lipinski definition) is 7. The van der Waals surface area contributed by atoms with Crippen LogP contribution in [0.3, 0.4) is 0 Å². The molecule has 9 N–H and O–H groups in total. The predicted molar refractivity (Wildman–Crippen MR) is 43.2 cm³/mol. The van der Waals surface area contributed by atoms with Crippen LogP contribution < -0.4 is 6.15 Å². The van der Waals surface area contributed by atoms with Crippen molar-refractivity contribution in [1.82, 2.24) is 6.15 Å². The Kier molecular flexibility index (Phi) is 8.37. The van der Waals surface area contributed by atoms with E-state index in [4.69, 9.17) is 30.6 Å². The molecule has 0 aliphatic rings. The fourth-order valence-electron chi connectivity index (χ4n) is 0.671. The maximum atomic E-state index is 8.96. The SMILES string of the molecule is N.OCC(O)C(O)C(O)C(O)CO. The second-order valence-corrected chi connectivity index (χ2v) is 2.48. The Morgan fingerprint density at radius 3 is 1.08 bits per heavy atom. The second-order valence-electron chi connectivity index (χ2n) is 2.48. The van der Waals surface area contributed by atoms with Gasteiger partial charge in [-0.1, -0.05) is 0 Å². The predicted octanol–water partition coefficient (Wildman–Crippen LogP) is -3.42. The van der Waals surface area contributed by atoms with Crippen LogP contribution in [-0.2, 0) is 0 Å². The van der Waals surface area contributed by atoms with Crippen LogP contribution >= 0.6 is 0 Å². The van der Waals surface area contributed by atoms with Gasteiger partial charge in [-0.25, -0.2) is 0 Å². The summed E-state index contributed by atoms with van der Waals surface area (Å²) in [6.45, 7) is -1.45. The molecule has 0 rings (SSSR count). The summed E-state index contributed by atoms with van der Waals surface area (Å²) < 4.78 is 0. The number of rotatable bonds is 5. The first-order chi connectivity index (χ1) is 5.54. The molecule has 13 heavy (non-hydrogen) atoms. The van der Waals surface area contributed by atoms with Crippen molar-refractivity contribution in [3.8, 4) is 0 Å². The zero-order valence-electron chi connectivity index (χ0n) is 7.11. The lowest BCUT2D eigenvalue weighted by Gasteiger charge is -2.24. The monoisotopic (exact) mass is 199 g/mol. The van der Waals surface area contributed by atoms with E-state index in [9.17, 15) is 0 Å². The van der Waals surface area contributed by atoms with Gasteiger partial charge in [0.15, 0.2) is 0 Å². The van der Waals surface area contributed by atoms with E-state index in [-0.39, 0.29) is 6.15 Å². The van der Waals surface area contributed by atoms with Gasteiger partial charge >= 0.3 is 0 Å². The standard InChI is InChI=1S/C6H14O6.H3N/c7-1-3(9)5(11)6(12)4(10)2-8;/h3-12H,1-2H2;1H3. The third-order valence-corrected chi connectivity index (χ3v) is 1.51. The van der Waals surface area contributed by atoms with Crippen LogP contribution in [0.2, 0.25) is 0 Å². The normalized spacial score (nSPS) is 19.8. The summed E-state index contributed by atoms with van der Waals surface area (Å²) in [4.78, 5) is 0. The van der Waals surface area contributed by atoms with Crippen molar-refractivity contribution in [3.05, 3.63) is 0 Å². The topological polar surface area (TPSA) is 156 Å². The molecule has 0 heterocycles. The molecule has 0 fully saturated rings. The van der Waals surface area contributed by atoms with Crippen molar-refractivity contribution in [2.75, 3.05) is 13.2 Å². The Labute approximate surface area is 75.5 Å². The largest absolute Gasteiger partial charge is 0.394 e. The molecule has 0 aliphatic carbocycles. The van der Waals surface area contributed by atoms with E-state index in [1.165, 1.54) is 0 Å². The molecular formula is C6H17NO6. The second kappa shape index (κ2) is 7.15. The van der Waals surface area contributed by atoms with Gasteiger partial charge in [0, 0.05) is 0 Å². The molecule has 0 saturated heterocycles. The molecule has 0 radical (unpaired) electrons. The molecule has 4 unspecified atom stereocenters. The molecule has 0 spiro atoms. The van der Waals surface area contributed by atoms with Gasteiger partial charge in [-0.15, -0.1) is 0 Å². The van der Waals surface area contributed by atoms with E-state index in [0.717, 1.165) is 0 Å². The third kappa shape index (κ3) is 4.48. The Hall–Kier alpha value is -0.280. The lowest BCUT2D eigenvalue weighted by molar-refractivity contribution is -0.123. The van der Waals surface area contributed by atoms with E-state index >= 15 is 0 Å². The van der Waals surface area contributed by atoms with Gasteiger partial charge < -0.3 is 36.8 Å². The van der Waals surface area contributed by atoms with Crippen LogP contribution in [0.1, 0.15) is 0 Å². The lowest BCUT2D eigenvalue weighted by Crippen LogP contribution is -2.46. The van der Waals surface area contributed by atoms with Crippen molar-refractivity contribution in [1.29, 1.82) is 0 Å². The summed E-state index contributed by atoms with van der Waals surface area (Å²) in [5.41, 5.74) is 0. The first-order valence-corrected chi connectivity index (χ1v) is 3.48. The molecule has 0 saturated carbocycles. The molecule has 0 aromatic heterocycles. The molecule has 7 heteroatoms. The van der Waals surface area contributed by atoms with E-state index in [1.807, 2.05) is 0 Å². The van der Waals surface area contributed by atoms with Crippen LogP contribution in [0.25, 0.3) is 0 Å². The third-order valence-electron chi connectivity index (χ3n) is 1.51. The minimum absolute atomic E-state index is 0. The van der Waals surface area contributed by atoms with Gasteiger partial charge in [0.2, 0.25) is 0 Å². The number of aliphatic hydroxyl groups excluding tert-OH is 6. The van der Waals surface area contributed by atoms with Gasteiger partial charge in [0.25, 0.3) is 0 Å². The first-order valence-electron chi connectivity index (χ1n) is 3.48. The van der Waals surface area contributed by atoms with Crippen molar-refractivity contribution in [3.63, 3.8) is 0 Å². The fourth-order valence-corrected chi connectivity index (χ4v) is 0.671. The van der Waals surface area contributed by atoms with Gasteiger partial charge in [0.1, 0.15) is 24.4 Å². The minimum atomic E-state index is -1.67. The molecule has 0 amide bonds. The zero-order valence-corrected chi connectivity index (χ0v) is 7.11. The van der Waals surface area contributed by atoms with Crippen LogP contribution in [0.4, 0.5) is 0 Å². The van der Waals surface area contributed by atoms with Gasteiger partial charge in [-0.2, -0.15) is 0 Å². The maximum Gasteiger partial charge on any atom is 0.111 e. The molecule has 0 aromatic rings. The Balaban J connectivity index is 0. The van der Waals surface area contributed by atoms with Crippen LogP contribution in [0, 0.1) is 0 Å². The fraction of sp³-hybridized carbons (Fsp3) is 1.00. The summed E-state index contributed by atoms with van der Waals surface area (Å²) in [7, 11) is 0. The lowest BCUT2D eigenvalue weighted by atomic mass is 10.0. The van der Waals surface area contributed by atoms with Crippen molar-refractivity contribution in [2.45, 2.75) is 24.4 Å². The summed E-state index contributed by atoms with van der Waals surface area (Å²) in [6, 6.07) is 0. The highest BCUT2D eigenvalue weighted by Gasteiger charge is 2.29. The highest BCUT2D eigenvalue weighted by Crippen LogP contribution is 2.03. The van der Waals surface area contributed by atoms with Crippen LogP contribution in [0.15, 0.2) is 0 Å². The molecule has 0 aromatic carbocycles. The van der Waals surface area contributed by atoms with Gasteiger partial charge in [-0.3, -0.25) is 0 Å². The average Bonchev–Trinajstić information content (AvgIpc) is 2.12. The van der Waals surface area contributed by atoms with Gasteiger partial charge in [0.05, 0.1) is 13.2 Å². The Morgan fingerprint density at radius 2 is 0.923 bits per heavy atom. The van der Waals surface area contributed by atoms with E-state index < -0.39 is 37.6 Å². The quantitative estimate of drug-likeness (QED) is 0.243.